The maximum Gasteiger partial charge on any atom is 0.124 e. The van der Waals surface area contributed by atoms with Gasteiger partial charge >= 0.3 is 0 Å². The summed E-state index contributed by atoms with van der Waals surface area (Å²) in [6.07, 6.45) is 6.25. The molecule has 0 saturated heterocycles. The van der Waals surface area contributed by atoms with Crippen LogP contribution < -0.4 is 5.32 Å². The van der Waals surface area contributed by atoms with Crippen molar-refractivity contribution in [2.75, 3.05) is 6.54 Å². The number of likely N-dealkylation sites (N-methyl/N-ethyl adjacent to an activating group) is 1. The van der Waals surface area contributed by atoms with Gasteiger partial charge in [0.25, 0.3) is 0 Å². The molecule has 1 saturated carbocycles. The van der Waals surface area contributed by atoms with Gasteiger partial charge in [-0.2, -0.15) is 0 Å². The minimum absolute atomic E-state index is 0.152. The molecule has 1 aliphatic rings. The van der Waals surface area contributed by atoms with Crippen LogP contribution in [0.25, 0.3) is 0 Å². The molecule has 18 heavy (non-hydrogen) atoms. The third kappa shape index (κ3) is 3.79. The minimum Gasteiger partial charge on any atom is -0.314 e. The van der Waals surface area contributed by atoms with E-state index in [2.05, 4.69) is 28.2 Å². The van der Waals surface area contributed by atoms with Crippen molar-refractivity contribution in [2.45, 2.75) is 45.1 Å². The minimum atomic E-state index is -0.152. The van der Waals surface area contributed by atoms with Gasteiger partial charge in [0.2, 0.25) is 0 Å². The molecular formula is C15H21BrFN. The Morgan fingerprint density at radius 1 is 1.33 bits per heavy atom. The van der Waals surface area contributed by atoms with E-state index in [1.54, 1.807) is 6.07 Å². The molecule has 0 heterocycles. The Balaban J connectivity index is 2.07. The van der Waals surface area contributed by atoms with Crippen LogP contribution in [0.4, 0.5) is 4.39 Å². The topological polar surface area (TPSA) is 12.0 Å². The summed E-state index contributed by atoms with van der Waals surface area (Å²) >= 11 is 3.36. The fourth-order valence-electron chi connectivity index (χ4n) is 3.01. The predicted octanol–water partition coefficient (Wildman–Crippen LogP) is 4.30. The molecule has 1 fully saturated rings. The van der Waals surface area contributed by atoms with Crippen molar-refractivity contribution in [1.82, 2.24) is 5.32 Å². The number of nitrogens with one attached hydrogen (secondary N) is 1. The summed E-state index contributed by atoms with van der Waals surface area (Å²) in [6, 6.07) is 5.69. The molecular weight excluding hydrogens is 293 g/mol. The maximum atomic E-state index is 13.4. The molecule has 0 amide bonds. The Morgan fingerprint density at radius 3 is 2.67 bits per heavy atom. The van der Waals surface area contributed by atoms with Gasteiger partial charge in [0.05, 0.1) is 0 Å². The van der Waals surface area contributed by atoms with Crippen molar-refractivity contribution in [2.24, 2.45) is 5.92 Å². The Kier molecular flexibility index (Phi) is 5.19. The Bertz CT molecular complexity index is 368. The zero-order valence-electron chi connectivity index (χ0n) is 10.9. The van der Waals surface area contributed by atoms with Gasteiger partial charge in [0.1, 0.15) is 5.82 Å². The molecule has 0 aliphatic heterocycles. The summed E-state index contributed by atoms with van der Waals surface area (Å²) in [4.78, 5) is 0. The van der Waals surface area contributed by atoms with Crippen molar-refractivity contribution >= 4 is 15.9 Å². The molecule has 1 N–H and O–H groups in total. The van der Waals surface area contributed by atoms with Crippen molar-refractivity contribution in [3.63, 3.8) is 0 Å². The third-order valence-corrected chi connectivity index (χ3v) is 4.27. The van der Waals surface area contributed by atoms with Crippen molar-refractivity contribution in [3.8, 4) is 0 Å². The zero-order valence-corrected chi connectivity index (χ0v) is 12.5. The number of halogens is 2. The normalized spacial score (nSPS) is 18.2. The van der Waals surface area contributed by atoms with Crippen molar-refractivity contribution in [1.29, 1.82) is 0 Å². The fourth-order valence-corrected chi connectivity index (χ4v) is 3.52. The highest BCUT2D eigenvalue weighted by molar-refractivity contribution is 9.10. The number of hydrogen-bond acceptors (Lipinski definition) is 1. The lowest BCUT2D eigenvalue weighted by Gasteiger charge is -2.24. The maximum absolute atomic E-state index is 13.4. The number of hydrogen-bond donors (Lipinski definition) is 1. The summed E-state index contributed by atoms with van der Waals surface area (Å²) in [6.45, 7) is 3.13. The second-order valence-electron chi connectivity index (χ2n) is 5.19. The van der Waals surface area contributed by atoms with Gasteiger partial charge in [0, 0.05) is 10.5 Å². The second-order valence-corrected chi connectivity index (χ2v) is 6.11. The standard InChI is InChI=1S/C15H21BrFN/c1-2-18-15(12-5-3-4-6-12)9-11-7-13(16)10-14(17)8-11/h7-8,10,12,15,18H,2-6,9H2,1H3. The van der Waals surface area contributed by atoms with Crippen LogP contribution >= 0.6 is 15.9 Å². The molecule has 1 atom stereocenters. The molecule has 0 aromatic heterocycles. The van der Waals surface area contributed by atoms with E-state index in [1.165, 1.54) is 31.7 Å². The van der Waals surface area contributed by atoms with Crippen LogP contribution in [0.1, 0.15) is 38.2 Å². The monoisotopic (exact) mass is 313 g/mol. The molecule has 1 aromatic carbocycles. The zero-order chi connectivity index (χ0) is 13.0. The average Bonchev–Trinajstić information content (AvgIpc) is 2.80. The smallest absolute Gasteiger partial charge is 0.124 e. The van der Waals surface area contributed by atoms with E-state index in [9.17, 15) is 4.39 Å². The van der Waals surface area contributed by atoms with Crippen LogP contribution in [0, 0.1) is 11.7 Å². The first kappa shape index (κ1) is 14.0. The van der Waals surface area contributed by atoms with E-state index in [-0.39, 0.29) is 5.82 Å². The summed E-state index contributed by atoms with van der Waals surface area (Å²) in [5.41, 5.74) is 1.08. The average molecular weight is 314 g/mol. The molecule has 0 bridgehead atoms. The number of rotatable bonds is 5. The van der Waals surface area contributed by atoms with Gasteiger partial charge in [-0.1, -0.05) is 35.7 Å². The van der Waals surface area contributed by atoms with Gasteiger partial charge in [-0.25, -0.2) is 4.39 Å². The van der Waals surface area contributed by atoms with Crippen LogP contribution in [-0.4, -0.2) is 12.6 Å². The molecule has 3 heteroatoms. The van der Waals surface area contributed by atoms with Crippen LogP contribution in [0.5, 0.6) is 0 Å². The first-order chi connectivity index (χ1) is 8.69. The van der Waals surface area contributed by atoms with Gasteiger partial charge in [0.15, 0.2) is 0 Å². The van der Waals surface area contributed by atoms with Crippen LogP contribution in [0.3, 0.4) is 0 Å². The summed E-state index contributed by atoms with van der Waals surface area (Å²) < 4.78 is 14.2. The largest absolute Gasteiger partial charge is 0.314 e. The SMILES string of the molecule is CCNC(Cc1cc(F)cc(Br)c1)C1CCCC1. The molecule has 1 nitrogen and oxygen atoms in total. The van der Waals surface area contributed by atoms with Gasteiger partial charge < -0.3 is 5.32 Å². The molecule has 0 radical (unpaired) electrons. The first-order valence-corrected chi connectivity index (χ1v) is 7.66. The highest BCUT2D eigenvalue weighted by atomic mass is 79.9. The summed E-state index contributed by atoms with van der Waals surface area (Å²) in [7, 11) is 0. The fraction of sp³-hybridized carbons (Fsp3) is 0.600. The van der Waals surface area contributed by atoms with E-state index in [0.29, 0.717) is 6.04 Å². The van der Waals surface area contributed by atoms with E-state index in [1.807, 2.05) is 6.07 Å². The summed E-state index contributed by atoms with van der Waals surface area (Å²) in [5.74, 6) is 0.605. The Labute approximate surface area is 117 Å². The molecule has 2 rings (SSSR count). The van der Waals surface area contributed by atoms with Crippen molar-refractivity contribution in [3.05, 3.63) is 34.1 Å². The molecule has 1 unspecified atom stereocenters. The second kappa shape index (κ2) is 6.67. The van der Waals surface area contributed by atoms with E-state index in [0.717, 1.165) is 28.9 Å². The summed E-state index contributed by atoms with van der Waals surface area (Å²) in [5, 5.41) is 3.57. The van der Waals surface area contributed by atoms with Gasteiger partial charge in [-0.05, 0) is 55.5 Å². The first-order valence-electron chi connectivity index (χ1n) is 6.87. The third-order valence-electron chi connectivity index (χ3n) is 3.81. The molecule has 1 aliphatic carbocycles. The lowest BCUT2D eigenvalue weighted by atomic mass is 9.92. The van der Waals surface area contributed by atoms with Crippen molar-refractivity contribution < 1.29 is 4.39 Å². The van der Waals surface area contributed by atoms with Gasteiger partial charge in [-0.3, -0.25) is 0 Å². The molecule has 0 spiro atoms. The lowest BCUT2D eigenvalue weighted by molar-refractivity contribution is 0.362. The van der Waals surface area contributed by atoms with E-state index >= 15 is 0 Å². The number of benzene rings is 1. The highest BCUT2D eigenvalue weighted by Gasteiger charge is 2.24. The molecule has 1 aromatic rings. The van der Waals surface area contributed by atoms with Gasteiger partial charge in [-0.15, -0.1) is 0 Å². The highest BCUT2D eigenvalue weighted by Crippen LogP contribution is 2.29. The Morgan fingerprint density at radius 2 is 2.06 bits per heavy atom. The predicted molar refractivity (Wildman–Crippen MR) is 77.2 cm³/mol. The Hall–Kier alpha value is -0.410. The van der Waals surface area contributed by atoms with Crippen LogP contribution in [0.2, 0.25) is 0 Å². The van der Waals surface area contributed by atoms with E-state index in [4.69, 9.17) is 0 Å². The van der Waals surface area contributed by atoms with Crippen LogP contribution in [-0.2, 0) is 6.42 Å². The van der Waals surface area contributed by atoms with E-state index < -0.39 is 0 Å². The quantitative estimate of drug-likeness (QED) is 0.854. The lowest BCUT2D eigenvalue weighted by Crippen LogP contribution is -2.37. The molecule has 100 valence electrons. The van der Waals surface area contributed by atoms with Crippen LogP contribution in [0.15, 0.2) is 22.7 Å².